The normalized spacial score (nSPS) is 14.8. The first-order valence-electron chi connectivity index (χ1n) is 9.47. The van der Waals surface area contributed by atoms with Gasteiger partial charge in [-0.05, 0) is 48.2 Å². The molecule has 0 amide bonds. The lowest BCUT2D eigenvalue weighted by Gasteiger charge is -2.28. The van der Waals surface area contributed by atoms with Gasteiger partial charge in [-0.25, -0.2) is 0 Å². The summed E-state index contributed by atoms with van der Waals surface area (Å²) in [5, 5.41) is 0.775. The summed E-state index contributed by atoms with van der Waals surface area (Å²) in [6, 6.07) is 15.5. The molecule has 0 aliphatic carbocycles. The largest absolute Gasteiger partial charge is 0.328 e. The molecule has 1 saturated heterocycles. The molecule has 1 aliphatic rings. The number of aromatic amines is 1. The number of benzene rings is 1. The SMILES string of the molecule is O=c1ccc(-c2ccc(CN3CCC(=Cc4ccc(Cl)cc4)CC3)cn2)c[nH]1. The van der Waals surface area contributed by atoms with Gasteiger partial charge < -0.3 is 4.98 Å². The molecule has 0 radical (unpaired) electrons. The number of rotatable bonds is 4. The summed E-state index contributed by atoms with van der Waals surface area (Å²) in [5.74, 6) is 0. The maximum absolute atomic E-state index is 11.2. The topological polar surface area (TPSA) is 49.0 Å². The number of nitrogens with zero attached hydrogens (tertiary/aromatic N) is 2. The van der Waals surface area contributed by atoms with Crippen molar-refractivity contribution in [2.45, 2.75) is 19.4 Å². The number of aromatic nitrogens is 2. The van der Waals surface area contributed by atoms with E-state index < -0.39 is 0 Å². The van der Waals surface area contributed by atoms with Crippen molar-refractivity contribution in [2.24, 2.45) is 0 Å². The number of piperidine rings is 1. The number of nitrogens with one attached hydrogen (secondary N) is 1. The van der Waals surface area contributed by atoms with Crippen LogP contribution >= 0.6 is 11.6 Å². The average Bonchev–Trinajstić information content (AvgIpc) is 2.72. The van der Waals surface area contributed by atoms with E-state index in [1.807, 2.05) is 24.4 Å². The molecular formula is C23H22ClN3O. The lowest BCUT2D eigenvalue weighted by atomic mass is 10.0. The van der Waals surface area contributed by atoms with Gasteiger partial charge in [0.2, 0.25) is 5.56 Å². The predicted octanol–water partition coefficient (Wildman–Crippen LogP) is 4.77. The molecule has 4 nitrogen and oxygen atoms in total. The van der Waals surface area contributed by atoms with E-state index in [1.165, 1.54) is 22.8 Å². The van der Waals surface area contributed by atoms with Gasteiger partial charge in [0.1, 0.15) is 0 Å². The van der Waals surface area contributed by atoms with Crippen LogP contribution in [0.2, 0.25) is 5.02 Å². The molecule has 1 fully saturated rings. The Labute approximate surface area is 169 Å². The Morgan fingerprint density at radius 2 is 1.82 bits per heavy atom. The second-order valence-corrected chi connectivity index (χ2v) is 7.56. The minimum atomic E-state index is -0.102. The van der Waals surface area contributed by atoms with Crippen LogP contribution in [0.4, 0.5) is 0 Å². The van der Waals surface area contributed by atoms with Gasteiger partial charge in [-0.3, -0.25) is 14.7 Å². The van der Waals surface area contributed by atoms with Crippen LogP contribution in [-0.2, 0) is 6.54 Å². The number of pyridine rings is 2. The van der Waals surface area contributed by atoms with Crippen molar-refractivity contribution in [2.75, 3.05) is 13.1 Å². The molecule has 3 aromatic rings. The lowest BCUT2D eigenvalue weighted by molar-refractivity contribution is 0.248. The maximum Gasteiger partial charge on any atom is 0.247 e. The van der Waals surface area contributed by atoms with Crippen LogP contribution in [0, 0.1) is 0 Å². The van der Waals surface area contributed by atoms with Crippen LogP contribution in [0.25, 0.3) is 17.3 Å². The summed E-state index contributed by atoms with van der Waals surface area (Å²) in [4.78, 5) is 20.9. The minimum Gasteiger partial charge on any atom is -0.328 e. The molecule has 1 N–H and O–H groups in total. The van der Waals surface area contributed by atoms with Crippen molar-refractivity contribution in [1.29, 1.82) is 0 Å². The molecule has 1 aliphatic heterocycles. The van der Waals surface area contributed by atoms with Gasteiger partial charge in [-0.15, -0.1) is 0 Å². The number of hydrogen-bond acceptors (Lipinski definition) is 3. The number of hydrogen-bond donors (Lipinski definition) is 1. The van der Waals surface area contributed by atoms with Crippen molar-refractivity contribution in [1.82, 2.24) is 14.9 Å². The standard InChI is InChI=1S/C23H22ClN3O/c24-21-5-1-17(2-6-21)13-18-9-11-27(12-10-18)16-19-3-7-22(25-14-19)20-4-8-23(28)26-15-20/h1-8,13-15H,9-12,16H2,(H,26,28). The summed E-state index contributed by atoms with van der Waals surface area (Å²) in [6.45, 7) is 3.02. The zero-order valence-electron chi connectivity index (χ0n) is 15.6. The molecular weight excluding hydrogens is 370 g/mol. The van der Waals surface area contributed by atoms with E-state index in [2.05, 4.69) is 39.1 Å². The fraction of sp³-hybridized carbons (Fsp3) is 0.217. The molecule has 142 valence electrons. The molecule has 0 bridgehead atoms. The van der Waals surface area contributed by atoms with Gasteiger partial charge in [0, 0.05) is 48.7 Å². The summed E-state index contributed by atoms with van der Waals surface area (Å²) in [5.41, 5.74) is 5.60. The molecule has 4 rings (SSSR count). The van der Waals surface area contributed by atoms with E-state index in [-0.39, 0.29) is 5.56 Å². The zero-order valence-corrected chi connectivity index (χ0v) is 16.3. The highest BCUT2D eigenvalue weighted by Crippen LogP contribution is 2.22. The third-order valence-corrected chi connectivity index (χ3v) is 5.30. The minimum absolute atomic E-state index is 0.102. The lowest BCUT2D eigenvalue weighted by Crippen LogP contribution is -2.30. The van der Waals surface area contributed by atoms with Crippen LogP contribution in [0.3, 0.4) is 0 Å². The predicted molar refractivity (Wildman–Crippen MR) is 114 cm³/mol. The smallest absolute Gasteiger partial charge is 0.247 e. The summed E-state index contributed by atoms with van der Waals surface area (Å²) < 4.78 is 0. The van der Waals surface area contributed by atoms with Gasteiger partial charge in [-0.2, -0.15) is 0 Å². The molecule has 0 unspecified atom stereocenters. The Kier molecular flexibility index (Phi) is 5.70. The number of H-pyrrole nitrogens is 1. The number of likely N-dealkylation sites (tertiary alicyclic amines) is 1. The molecule has 0 spiro atoms. The molecule has 2 aromatic heterocycles. The Morgan fingerprint density at radius 1 is 1.04 bits per heavy atom. The van der Waals surface area contributed by atoms with E-state index in [9.17, 15) is 4.79 Å². The Bertz CT molecular complexity index is 992. The summed E-state index contributed by atoms with van der Waals surface area (Å²) in [6.07, 6.45) is 8.09. The Balaban J connectivity index is 1.34. The van der Waals surface area contributed by atoms with Crippen LogP contribution in [-0.4, -0.2) is 28.0 Å². The highest BCUT2D eigenvalue weighted by Gasteiger charge is 2.14. The second-order valence-electron chi connectivity index (χ2n) is 7.12. The fourth-order valence-electron chi connectivity index (χ4n) is 3.45. The van der Waals surface area contributed by atoms with Crippen molar-refractivity contribution in [3.05, 3.63) is 93.0 Å². The Morgan fingerprint density at radius 3 is 2.46 bits per heavy atom. The van der Waals surface area contributed by atoms with Crippen LogP contribution in [0.15, 0.2) is 71.3 Å². The molecule has 0 atom stereocenters. The van der Waals surface area contributed by atoms with Gasteiger partial charge in [0.25, 0.3) is 0 Å². The zero-order chi connectivity index (χ0) is 19.3. The third kappa shape index (κ3) is 4.77. The van der Waals surface area contributed by atoms with Crippen molar-refractivity contribution in [3.63, 3.8) is 0 Å². The van der Waals surface area contributed by atoms with Crippen LogP contribution < -0.4 is 5.56 Å². The first kappa shape index (κ1) is 18.7. The fourth-order valence-corrected chi connectivity index (χ4v) is 3.58. The average molecular weight is 392 g/mol. The van der Waals surface area contributed by atoms with Crippen LogP contribution in [0.5, 0.6) is 0 Å². The van der Waals surface area contributed by atoms with Crippen molar-refractivity contribution >= 4 is 17.7 Å². The first-order chi connectivity index (χ1) is 13.7. The van der Waals surface area contributed by atoms with Crippen molar-refractivity contribution in [3.8, 4) is 11.3 Å². The highest BCUT2D eigenvalue weighted by atomic mass is 35.5. The van der Waals surface area contributed by atoms with Gasteiger partial charge >= 0.3 is 0 Å². The molecule has 1 aromatic carbocycles. The van der Waals surface area contributed by atoms with Gasteiger partial charge in [0.15, 0.2) is 0 Å². The summed E-state index contributed by atoms with van der Waals surface area (Å²) in [7, 11) is 0. The third-order valence-electron chi connectivity index (χ3n) is 5.05. The van der Waals surface area contributed by atoms with E-state index >= 15 is 0 Å². The molecule has 28 heavy (non-hydrogen) atoms. The second kappa shape index (κ2) is 8.55. The quantitative estimate of drug-likeness (QED) is 0.696. The van der Waals surface area contributed by atoms with Crippen molar-refractivity contribution < 1.29 is 0 Å². The monoisotopic (exact) mass is 391 g/mol. The maximum atomic E-state index is 11.2. The molecule has 0 saturated carbocycles. The highest BCUT2D eigenvalue weighted by molar-refractivity contribution is 6.30. The van der Waals surface area contributed by atoms with Gasteiger partial charge in [0.05, 0.1) is 5.69 Å². The van der Waals surface area contributed by atoms with E-state index in [0.717, 1.165) is 48.8 Å². The van der Waals surface area contributed by atoms with Crippen LogP contribution in [0.1, 0.15) is 24.0 Å². The van der Waals surface area contributed by atoms with Gasteiger partial charge in [-0.1, -0.05) is 41.4 Å². The summed E-state index contributed by atoms with van der Waals surface area (Å²) >= 11 is 5.95. The Hall–Kier alpha value is -2.69. The number of halogens is 1. The van der Waals surface area contributed by atoms with E-state index in [1.54, 1.807) is 12.3 Å². The molecule has 5 heteroatoms. The van der Waals surface area contributed by atoms with E-state index in [4.69, 9.17) is 11.6 Å². The first-order valence-corrected chi connectivity index (χ1v) is 9.85. The molecule has 3 heterocycles. The van der Waals surface area contributed by atoms with E-state index in [0.29, 0.717) is 0 Å².